The number of hydrogen-bond donors (Lipinski definition) is 1. The lowest BCUT2D eigenvalue weighted by molar-refractivity contribution is -0.113. The predicted octanol–water partition coefficient (Wildman–Crippen LogP) is 5.34. The highest BCUT2D eigenvalue weighted by atomic mass is 35.5. The lowest BCUT2D eigenvalue weighted by atomic mass is 10.2. The van der Waals surface area contributed by atoms with Crippen LogP contribution in [0, 0.1) is 0 Å². The van der Waals surface area contributed by atoms with Crippen LogP contribution in [0.1, 0.15) is 0 Å². The first kappa shape index (κ1) is 22.7. The Bertz CT molecular complexity index is 1240. The van der Waals surface area contributed by atoms with Crippen LogP contribution in [0.2, 0.25) is 5.02 Å². The summed E-state index contributed by atoms with van der Waals surface area (Å²) >= 11 is 7.29. The summed E-state index contributed by atoms with van der Waals surface area (Å²) in [6.45, 7) is 0. The van der Waals surface area contributed by atoms with Crippen LogP contribution in [0.25, 0.3) is 17.1 Å². The van der Waals surface area contributed by atoms with Gasteiger partial charge in [-0.15, -0.1) is 10.2 Å². The Morgan fingerprint density at radius 2 is 1.64 bits per heavy atom. The van der Waals surface area contributed by atoms with Crippen molar-refractivity contribution in [1.82, 2.24) is 14.8 Å². The zero-order valence-electron chi connectivity index (χ0n) is 18.0. The molecule has 3 aromatic carbocycles. The molecule has 0 aliphatic rings. The van der Waals surface area contributed by atoms with Gasteiger partial charge >= 0.3 is 0 Å². The van der Waals surface area contributed by atoms with Crippen molar-refractivity contribution in [3.8, 4) is 28.6 Å². The SMILES string of the molecule is COc1ccc(-c2nnc(SCC(=O)Nc3cccc(Cl)c3)n2-c2ccc(OC)cc2)cc1. The minimum atomic E-state index is -0.169. The van der Waals surface area contributed by atoms with Gasteiger partial charge in [0.05, 0.1) is 20.0 Å². The molecule has 0 atom stereocenters. The first-order valence-electron chi connectivity index (χ1n) is 10.00. The van der Waals surface area contributed by atoms with Gasteiger partial charge in [0, 0.05) is 22.0 Å². The van der Waals surface area contributed by atoms with Gasteiger partial charge in [-0.2, -0.15) is 0 Å². The molecule has 1 N–H and O–H groups in total. The molecule has 0 fully saturated rings. The second-order valence-corrected chi connectivity index (χ2v) is 8.29. The standard InChI is InChI=1S/C24H21ClN4O3S/c1-31-20-10-6-16(7-11-20)23-27-28-24(29(23)19-8-12-21(32-2)13-9-19)33-15-22(30)26-18-5-3-4-17(25)14-18/h3-14H,15H2,1-2H3,(H,26,30). The molecule has 1 amide bonds. The lowest BCUT2D eigenvalue weighted by Crippen LogP contribution is -2.14. The van der Waals surface area contributed by atoms with Gasteiger partial charge < -0.3 is 14.8 Å². The number of ether oxygens (including phenoxy) is 2. The van der Waals surface area contributed by atoms with Crippen molar-refractivity contribution in [3.63, 3.8) is 0 Å². The van der Waals surface area contributed by atoms with Crippen molar-refractivity contribution >= 4 is 35.0 Å². The Kier molecular flexibility index (Phi) is 7.16. The molecule has 0 spiro atoms. The molecule has 1 heterocycles. The first-order valence-corrected chi connectivity index (χ1v) is 11.4. The molecular weight excluding hydrogens is 460 g/mol. The third-order valence-electron chi connectivity index (χ3n) is 4.75. The molecule has 168 valence electrons. The van der Waals surface area contributed by atoms with Gasteiger partial charge in [-0.1, -0.05) is 29.4 Å². The number of amides is 1. The van der Waals surface area contributed by atoms with Gasteiger partial charge in [0.2, 0.25) is 5.91 Å². The van der Waals surface area contributed by atoms with E-state index in [-0.39, 0.29) is 11.7 Å². The van der Waals surface area contributed by atoms with Crippen LogP contribution in [-0.4, -0.2) is 40.6 Å². The summed E-state index contributed by atoms with van der Waals surface area (Å²) in [5.74, 6) is 2.14. The highest BCUT2D eigenvalue weighted by molar-refractivity contribution is 7.99. The maximum absolute atomic E-state index is 12.5. The lowest BCUT2D eigenvalue weighted by Gasteiger charge is -2.11. The third kappa shape index (κ3) is 5.47. The number of anilines is 1. The predicted molar refractivity (Wildman–Crippen MR) is 131 cm³/mol. The number of hydrogen-bond acceptors (Lipinski definition) is 6. The van der Waals surface area contributed by atoms with E-state index in [1.54, 1.807) is 38.5 Å². The summed E-state index contributed by atoms with van der Waals surface area (Å²) < 4.78 is 12.5. The van der Waals surface area contributed by atoms with Crippen molar-refractivity contribution in [2.75, 3.05) is 25.3 Å². The van der Waals surface area contributed by atoms with Crippen molar-refractivity contribution in [2.45, 2.75) is 5.16 Å². The molecule has 0 saturated heterocycles. The van der Waals surface area contributed by atoms with Gasteiger partial charge in [-0.25, -0.2) is 0 Å². The molecule has 0 unspecified atom stereocenters. The molecule has 1 aromatic heterocycles. The Morgan fingerprint density at radius 1 is 0.970 bits per heavy atom. The zero-order chi connectivity index (χ0) is 23.2. The number of nitrogens with zero attached hydrogens (tertiary/aromatic N) is 3. The number of nitrogens with one attached hydrogen (secondary N) is 1. The van der Waals surface area contributed by atoms with E-state index in [9.17, 15) is 4.79 Å². The van der Waals surface area contributed by atoms with E-state index in [0.29, 0.717) is 21.7 Å². The minimum Gasteiger partial charge on any atom is -0.497 e. The number of carbonyl (C=O) groups excluding carboxylic acids is 1. The minimum absolute atomic E-state index is 0.156. The summed E-state index contributed by atoms with van der Waals surface area (Å²) in [6, 6.07) is 22.2. The maximum Gasteiger partial charge on any atom is 0.234 e. The molecule has 0 saturated carbocycles. The smallest absolute Gasteiger partial charge is 0.234 e. The van der Waals surface area contributed by atoms with Crippen molar-refractivity contribution in [2.24, 2.45) is 0 Å². The van der Waals surface area contributed by atoms with Crippen LogP contribution in [-0.2, 0) is 4.79 Å². The average molecular weight is 481 g/mol. The number of benzene rings is 3. The fourth-order valence-corrected chi connectivity index (χ4v) is 4.09. The largest absolute Gasteiger partial charge is 0.497 e. The molecular formula is C24H21ClN4O3S. The average Bonchev–Trinajstić information content (AvgIpc) is 3.27. The molecule has 9 heteroatoms. The second-order valence-electron chi connectivity index (χ2n) is 6.92. The van der Waals surface area contributed by atoms with Gasteiger partial charge in [-0.05, 0) is 66.7 Å². The van der Waals surface area contributed by atoms with Crippen LogP contribution < -0.4 is 14.8 Å². The van der Waals surface area contributed by atoms with Crippen molar-refractivity contribution in [3.05, 3.63) is 77.8 Å². The van der Waals surface area contributed by atoms with E-state index >= 15 is 0 Å². The van der Waals surface area contributed by atoms with E-state index in [0.717, 1.165) is 22.7 Å². The molecule has 0 radical (unpaired) electrons. The number of carbonyl (C=O) groups is 1. The summed E-state index contributed by atoms with van der Waals surface area (Å²) in [5, 5.41) is 12.8. The van der Waals surface area contributed by atoms with E-state index < -0.39 is 0 Å². The van der Waals surface area contributed by atoms with Gasteiger partial charge in [0.1, 0.15) is 11.5 Å². The summed E-state index contributed by atoms with van der Waals surface area (Å²) in [4.78, 5) is 12.5. The van der Waals surface area contributed by atoms with Gasteiger partial charge in [0.15, 0.2) is 11.0 Å². The highest BCUT2D eigenvalue weighted by Gasteiger charge is 2.18. The van der Waals surface area contributed by atoms with Gasteiger partial charge in [0.25, 0.3) is 0 Å². The van der Waals surface area contributed by atoms with E-state index in [4.69, 9.17) is 21.1 Å². The Morgan fingerprint density at radius 3 is 2.27 bits per heavy atom. The third-order valence-corrected chi connectivity index (χ3v) is 5.92. The first-order chi connectivity index (χ1) is 16.1. The number of thioether (sulfide) groups is 1. The molecule has 33 heavy (non-hydrogen) atoms. The summed E-state index contributed by atoms with van der Waals surface area (Å²) in [7, 11) is 3.24. The van der Waals surface area contributed by atoms with Crippen molar-refractivity contribution in [1.29, 1.82) is 0 Å². The van der Waals surface area contributed by atoms with Gasteiger partial charge in [-0.3, -0.25) is 9.36 Å². The van der Waals surface area contributed by atoms with E-state index in [1.807, 2.05) is 53.1 Å². The van der Waals surface area contributed by atoms with Crippen LogP contribution in [0.5, 0.6) is 11.5 Å². The quantitative estimate of drug-likeness (QED) is 0.343. The molecule has 0 aliphatic heterocycles. The number of rotatable bonds is 8. The fraction of sp³-hybridized carbons (Fsp3) is 0.125. The van der Waals surface area contributed by atoms with Crippen LogP contribution in [0.3, 0.4) is 0 Å². The fourth-order valence-electron chi connectivity index (χ4n) is 3.15. The Hall–Kier alpha value is -3.49. The number of methoxy groups -OCH3 is 2. The van der Waals surface area contributed by atoms with Crippen LogP contribution in [0.15, 0.2) is 78.0 Å². The number of halogens is 1. The monoisotopic (exact) mass is 480 g/mol. The molecule has 0 aliphatic carbocycles. The van der Waals surface area contributed by atoms with Crippen LogP contribution in [0.4, 0.5) is 5.69 Å². The molecule has 0 bridgehead atoms. The molecule has 7 nitrogen and oxygen atoms in total. The normalized spacial score (nSPS) is 10.6. The topological polar surface area (TPSA) is 78.3 Å². The summed E-state index contributed by atoms with van der Waals surface area (Å²) in [6.07, 6.45) is 0. The molecule has 4 aromatic rings. The Labute approximate surface area is 200 Å². The van der Waals surface area contributed by atoms with E-state index in [1.165, 1.54) is 11.8 Å². The Balaban J connectivity index is 1.61. The molecule has 4 rings (SSSR count). The number of aromatic nitrogens is 3. The van der Waals surface area contributed by atoms with Crippen molar-refractivity contribution < 1.29 is 14.3 Å². The summed E-state index contributed by atoms with van der Waals surface area (Å²) in [5.41, 5.74) is 2.36. The highest BCUT2D eigenvalue weighted by Crippen LogP contribution is 2.30. The van der Waals surface area contributed by atoms with Crippen LogP contribution >= 0.6 is 23.4 Å². The second kappa shape index (κ2) is 10.4. The zero-order valence-corrected chi connectivity index (χ0v) is 19.6. The van der Waals surface area contributed by atoms with E-state index in [2.05, 4.69) is 15.5 Å². The maximum atomic E-state index is 12.5.